The topological polar surface area (TPSA) is 94.5 Å². The Kier molecular flexibility index (Phi) is 6.84. The Morgan fingerprint density at radius 3 is 2.70 bits per heavy atom. The molecule has 1 N–H and O–H groups in total. The largest absolute Gasteiger partial charge is 0.493 e. The number of hydrogen-bond donors (Lipinski definition) is 1. The van der Waals surface area contributed by atoms with Crippen molar-refractivity contribution >= 4 is 33.2 Å². The Hall–Kier alpha value is -2.56. The highest BCUT2D eigenvalue weighted by Gasteiger charge is 2.21. The third-order valence-electron chi connectivity index (χ3n) is 6.21. The second-order valence-corrected chi connectivity index (χ2v) is 9.96. The van der Waals surface area contributed by atoms with Crippen LogP contribution >= 0.6 is 11.3 Å². The molecule has 0 spiro atoms. The Labute approximate surface area is 197 Å². The highest BCUT2D eigenvalue weighted by atomic mass is 32.1. The van der Waals surface area contributed by atoms with Crippen LogP contribution in [0, 0.1) is 12.8 Å². The van der Waals surface area contributed by atoms with E-state index in [1.807, 2.05) is 19.1 Å². The molecule has 2 aliphatic rings. The van der Waals surface area contributed by atoms with E-state index in [2.05, 4.69) is 37.4 Å². The van der Waals surface area contributed by atoms with Crippen LogP contribution in [0.5, 0.6) is 11.5 Å². The predicted molar refractivity (Wildman–Crippen MR) is 128 cm³/mol. The van der Waals surface area contributed by atoms with Gasteiger partial charge in [-0.25, -0.2) is 9.97 Å². The van der Waals surface area contributed by atoms with Gasteiger partial charge >= 0.3 is 0 Å². The third kappa shape index (κ3) is 5.51. The van der Waals surface area contributed by atoms with Crippen LogP contribution in [0.2, 0.25) is 0 Å². The molecule has 0 atom stereocenters. The van der Waals surface area contributed by atoms with Gasteiger partial charge in [-0.15, -0.1) is 10.2 Å². The number of nitrogens with zero attached hydrogens (tertiary/aromatic N) is 5. The smallest absolute Gasteiger partial charge is 0.211 e. The number of hydrogen-bond acceptors (Lipinski definition) is 10. The minimum Gasteiger partial charge on any atom is -0.493 e. The molecule has 2 fully saturated rings. The Morgan fingerprint density at radius 1 is 1.12 bits per heavy atom. The Balaban J connectivity index is 1.43. The fourth-order valence-electron chi connectivity index (χ4n) is 4.26. The molecule has 0 amide bonds. The molecule has 10 heteroatoms. The number of fused-ring (bicyclic) bond motifs is 1. The lowest BCUT2D eigenvalue weighted by Crippen LogP contribution is -2.32. The predicted octanol–water partition coefficient (Wildman–Crippen LogP) is 3.81. The molecule has 0 radical (unpaired) electrons. The number of benzene rings is 1. The summed E-state index contributed by atoms with van der Waals surface area (Å²) in [6.07, 6.45) is 5.67. The molecule has 3 aromatic rings. The van der Waals surface area contributed by atoms with Gasteiger partial charge in [-0.2, -0.15) is 0 Å². The lowest BCUT2D eigenvalue weighted by molar-refractivity contribution is 0.0261. The summed E-state index contributed by atoms with van der Waals surface area (Å²) in [4.78, 5) is 11.4. The molecule has 0 bridgehead atoms. The zero-order valence-corrected chi connectivity index (χ0v) is 19.9. The molecule has 2 aliphatic heterocycles. The number of aryl methyl sites for hydroxylation is 1. The minimum atomic E-state index is 0.0860. The lowest BCUT2D eigenvalue weighted by Gasteiger charge is -2.29. The fraction of sp³-hybridized carbons (Fsp3) is 0.565. The van der Waals surface area contributed by atoms with E-state index >= 15 is 0 Å². The quantitative estimate of drug-likeness (QED) is 0.553. The van der Waals surface area contributed by atoms with Crippen LogP contribution in [-0.4, -0.2) is 71.1 Å². The van der Waals surface area contributed by atoms with Crippen molar-refractivity contribution in [2.24, 2.45) is 5.92 Å². The van der Waals surface area contributed by atoms with Gasteiger partial charge in [0.25, 0.3) is 0 Å². The molecular weight excluding hydrogens is 440 g/mol. The molecule has 1 aromatic carbocycles. The summed E-state index contributed by atoms with van der Waals surface area (Å²) in [5.41, 5.74) is 0.775. The van der Waals surface area contributed by atoms with Crippen molar-refractivity contribution in [3.63, 3.8) is 0 Å². The van der Waals surface area contributed by atoms with Gasteiger partial charge in [0.15, 0.2) is 0 Å². The van der Waals surface area contributed by atoms with Crippen LogP contribution in [-0.2, 0) is 4.74 Å². The van der Waals surface area contributed by atoms with Gasteiger partial charge in [-0.05, 0) is 45.8 Å². The molecule has 0 aliphatic carbocycles. The first-order valence-electron chi connectivity index (χ1n) is 11.6. The first-order chi connectivity index (χ1) is 16.1. The van der Waals surface area contributed by atoms with E-state index in [4.69, 9.17) is 14.2 Å². The molecule has 2 saturated heterocycles. The van der Waals surface area contributed by atoms with Crippen molar-refractivity contribution in [2.45, 2.75) is 38.7 Å². The SMILES string of the molecule is Cc1nnc(Nc2ncnc3cc(OCC4CCN(C)CC4)cc(OC4CCOCC4)c23)s1. The molecule has 4 heterocycles. The average molecular weight is 471 g/mol. The summed E-state index contributed by atoms with van der Waals surface area (Å²) in [6.45, 7) is 6.29. The maximum absolute atomic E-state index is 6.48. The van der Waals surface area contributed by atoms with Gasteiger partial charge < -0.3 is 24.4 Å². The Bertz CT molecular complexity index is 1080. The summed E-state index contributed by atoms with van der Waals surface area (Å²) < 4.78 is 18.2. The van der Waals surface area contributed by atoms with Crippen LogP contribution in [0.3, 0.4) is 0 Å². The number of anilines is 2. The summed E-state index contributed by atoms with van der Waals surface area (Å²) in [5.74, 6) is 2.72. The normalized spacial score (nSPS) is 18.5. The van der Waals surface area contributed by atoms with Crippen LogP contribution in [0.25, 0.3) is 10.9 Å². The molecular formula is C23H30N6O3S. The number of likely N-dealkylation sites (tertiary alicyclic amines) is 1. The number of piperidine rings is 1. The van der Waals surface area contributed by atoms with Crippen LogP contribution in [0.4, 0.5) is 10.9 Å². The lowest BCUT2D eigenvalue weighted by atomic mass is 9.98. The molecule has 0 saturated carbocycles. The highest BCUT2D eigenvalue weighted by molar-refractivity contribution is 7.15. The van der Waals surface area contributed by atoms with E-state index in [0.29, 0.717) is 36.7 Å². The summed E-state index contributed by atoms with van der Waals surface area (Å²) in [5, 5.41) is 14.0. The fourth-order valence-corrected chi connectivity index (χ4v) is 4.86. The van der Waals surface area contributed by atoms with Gasteiger partial charge in [-0.1, -0.05) is 11.3 Å². The van der Waals surface area contributed by atoms with Gasteiger partial charge in [0.1, 0.15) is 34.8 Å². The van der Waals surface area contributed by atoms with Gasteiger partial charge in [0.2, 0.25) is 5.13 Å². The highest BCUT2D eigenvalue weighted by Crippen LogP contribution is 2.37. The number of rotatable bonds is 7. The molecule has 33 heavy (non-hydrogen) atoms. The second-order valence-electron chi connectivity index (χ2n) is 8.78. The number of nitrogens with one attached hydrogen (secondary N) is 1. The summed E-state index contributed by atoms with van der Waals surface area (Å²) in [6, 6.07) is 3.95. The Morgan fingerprint density at radius 2 is 1.94 bits per heavy atom. The number of ether oxygens (including phenoxy) is 3. The van der Waals surface area contributed by atoms with Gasteiger partial charge in [-0.3, -0.25) is 0 Å². The molecule has 9 nitrogen and oxygen atoms in total. The van der Waals surface area contributed by atoms with E-state index in [0.717, 1.165) is 66.2 Å². The first-order valence-corrected chi connectivity index (χ1v) is 12.4. The van der Waals surface area contributed by atoms with Crippen LogP contribution in [0.15, 0.2) is 18.5 Å². The van der Waals surface area contributed by atoms with Crippen molar-refractivity contribution < 1.29 is 14.2 Å². The van der Waals surface area contributed by atoms with Crippen molar-refractivity contribution in [3.8, 4) is 11.5 Å². The zero-order valence-electron chi connectivity index (χ0n) is 19.1. The molecule has 0 unspecified atom stereocenters. The van der Waals surface area contributed by atoms with Gasteiger partial charge in [0.05, 0.1) is 30.7 Å². The van der Waals surface area contributed by atoms with Crippen LogP contribution < -0.4 is 14.8 Å². The number of aromatic nitrogens is 4. The maximum atomic E-state index is 6.48. The monoisotopic (exact) mass is 470 g/mol. The van der Waals surface area contributed by atoms with Crippen LogP contribution in [0.1, 0.15) is 30.7 Å². The van der Waals surface area contributed by atoms with E-state index < -0.39 is 0 Å². The van der Waals surface area contributed by atoms with Crippen molar-refractivity contribution in [2.75, 3.05) is 45.3 Å². The van der Waals surface area contributed by atoms with E-state index in [-0.39, 0.29) is 6.10 Å². The first kappa shape index (κ1) is 22.2. The molecule has 5 rings (SSSR count). The van der Waals surface area contributed by atoms with Crippen molar-refractivity contribution in [3.05, 3.63) is 23.5 Å². The average Bonchev–Trinajstić information content (AvgIpc) is 3.24. The minimum absolute atomic E-state index is 0.0860. The third-order valence-corrected chi connectivity index (χ3v) is 6.97. The maximum Gasteiger partial charge on any atom is 0.211 e. The summed E-state index contributed by atoms with van der Waals surface area (Å²) in [7, 11) is 2.18. The standard InChI is InChI=1S/C23H30N6O3S/c1-15-27-28-23(33-15)26-22-21-19(24-14-25-22)11-18(31-13-16-3-7-29(2)8-4-16)12-20(21)32-17-5-9-30-10-6-17/h11-12,14,16-17H,3-10,13H2,1-2H3,(H,24,25,26,28). The zero-order chi connectivity index (χ0) is 22.6. The molecule has 176 valence electrons. The van der Waals surface area contributed by atoms with Gasteiger partial charge in [0, 0.05) is 25.0 Å². The van der Waals surface area contributed by atoms with E-state index in [9.17, 15) is 0 Å². The van der Waals surface area contributed by atoms with Crippen molar-refractivity contribution in [1.29, 1.82) is 0 Å². The summed E-state index contributed by atoms with van der Waals surface area (Å²) >= 11 is 1.48. The van der Waals surface area contributed by atoms with Crippen molar-refractivity contribution in [1.82, 2.24) is 25.1 Å². The van der Waals surface area contributed by atoms with E-state index in [1.54, 1.807) is 6.33 Å². The van der Waals surface area contributed by atoms with E-state index in [1.165, 1.54) is 11.3 Å². The second kappa shape index (κ2) is 10.1. The molecule has 2 aromatic heterocycles.